The Bertz CT molecular complexity index is 1040. The summed E-state index contributed by atoms with van der Waals surface area (Å²) >= 11 is 0. The van der Waals surface area contributed by atoms with Gasteiger partial charge in [0.05, 0.1) is 5.69 Å². The number of pyridine rings is 1. The number of likely N-dealkylation sites (tertiary alicyclic amines) is 1. The van der Waals surface area contributed by atoms with Crippen molar-refractivity contribution < 1.29 is 9.32 Å². The summed E-state index contributed by atoms with van der Waals surface area (Å²) in [6, 6.07) is 7.81. The van der Waals surface area contributed by atoms with Crippen LogP contribution in [-0.2, 0) is 0 Å². The minimum atomic E-state index is -0.0985. The van der Waals surface area contributed by atoms with Crippen LogP contribution in [0.4, 0.5) is 5.82 Å². The average Bonchev–Trinajstić information content (AvgIpc) is 3.32. The molecule has 0 spiro atoms. The summed E-state index contributed by atoms with van der Waals surface area (Å²) in [5.74, 6) is 2.07. The van der Waals surface area contributed by atoms with Gasteiger partial charge in [0.1, 0.15) is 17.2 Å². The highest BCUT2D eigenvalue weighted by molar-refractivity contribution is 5.92. The molecule has 1 aliphatic rings. The Labute approximate surface area is 177 Å². The second kappa shape index (κ2) is 7.78. The second-order valence-electron chi connectivity index (χ2n) is 9.51. The van der Waals surface area contributed by atoms with Gasteiger partial charge in [0, 0.05) is 42.7 Å². The third-order valence-electron chi connectivity index (χ3n) is 5.46. The first-order chi connectivity index (χ1) is 14.2. The number of fused-ring (bicyclic) bond motifs is 1. The van der Waals surface area contributed by atoms with Crippen molar-refractivity contribution in [2.75, 3.05) is 18.4 Å². The molecular weight excluding hydrogens is 378 g/mol. The van der Waals surface area contributed by atoms with E-state index in [2.05, 4.69) is 35.6 Å². The molecule has 0 radical (unpaired) electrons. The molecule has 160 valence electrons. The highest BCUT2D eigenvalue weighted by atomic mass is 16.5. The van der Waals surface area contributed by atoms with Crippen LogP contribution in [0.5, 0.6) is 0 Å². The molecular formula is C23H31N5O2. The van der Waals surface area contributed by atoms with Gasteiger partial charge in [-0.15, -0.1) is 0 Å². The molecule has 0 unspecified atom stereocenters. The largest absolute Gasteiger partial charge is 0.365 e. The molecule has 1 aliphatic heterocycles. The van der Waals surface area contributed by atoms with Gasteiger partial charge in [0.2, 0.25) is 0 Å². The Hall–Kier alpha value is -2.83. The van der Waals surface area contributed by atoms with Crippen molar-refractivity contribution in [3.05, 3.63) is 47.6 Å². The standard InChI is InChI=1S/C23H31N5O2/c1-15(2)18-13-17(26-30-18)22(29)27-11-8-9-16(14-27)20-21(25-23(3,4)5)28-12-7-6-10-19(28)24-20/h6-7,10,12-13,15-16,25H,8-9,11,14H2,1-5H3/t16-/m1/s1. The lowest BCUT2D eigenvalue weighted by molar-refractivity contribution is 0.0695. The molecule has 3 aromatic rings. The summed E-state index contributed by atoms with van der Waals surface area (Å²) < 4.78 is 7.45. The lowest BCUT2D eigenvalue weighted by Gasteiger charge is -2.32. The quantitative estimate of drug-likeness (QED) is 0.677. The van der Waals surface area contributed by atoms with Gasteiger partial charge in [-0.2, -0.15) is 0 Å². The fraction of sp³-hybridized carbons (Fsp3) is 0.522. The zero-order chi connectivity index (χ0) is 21.5. The van der Waals surface area contributed by atoms with Crippen LogP contribution in [0.2, 0.25) is 0 Å². The van der Waals surface area contributed by atoms with Gasteiger partial charge in [-0.1, -0.05) is 25.1 Å². The number of carbonyl (C=O) groups excluding carboxylic acids is 1. The molecule has 1 fully saturated rings. The number of carbonyl (C=O) groups is 1. The molecule has 1 atom stereocenters. The number of aromatic nitrogens is 3. The molecule has 1 N–H and O–H groups in total. The average molecular weight is 410 g/mol. The van der Waals surface area contributed by atoms with Crippen LogP contribution in [0.15, 0.2) is 35.0 Å². The lowest BCUT2D eigenvalue weighted by Crippen LogP contribution is -2.39. The van der Waals surface area contributed by atoms with E-state index in [1.54, 1.807) is 6.07 Å². The summed E-state index contributed by atoms with van der Waals surface area (Å²) in [5, 5.41) is 7.64. The Balaban J connectivity index is 1.62. The lowest BCUT2D eigenvalue weighted by atomic mass is 9.94. The monoisotopic (exact) mass is 409 g/mol. The first-order valence-electron chi connectivity index (χ1n) is 10.7. The van der Waals surface area contributed by atoms with E-state index >= 15 is 0 Å². The maximum absolute atomic E-state index is 13.1. The number of nitrogens with zero attached hydrogens (tertiary/aromatic N) is 4. The van der Waals surface area contributed by atoms with Gasteiger partial charge in [-0.25, -0.2) is 4.98 Å². The van der Waals surface area contributed by atoms with Crippen LogP contribution in [0.3, 0.4) is 0 Å². The molecule has 7 heteroatoms. The van der Waals surface area contributed by atoms with E-state index in [1.165, 1.54) is 0 Å². The van der Waals surface area contributed by atoms with Crippen molar-refractivity contribution in [2.45, 2.75) is 64.8 Å². The third kappa shape index (κ3) is 4.06. The predicted octanol–water partition coefficient (Wildman–Crippen LogP) is 4.68. The number of rotatable bonds is 4. The highest BCUT2D eigenvalue weighted by Gasteiger charge is 2.31. The molecule has 7 nitrogen and oxygen atoms in total. The van der Waals surface area contributed by atoms with Crippen LogP contribution in [-0.4, -0.2) is 44.0 Å². The van der Waals surface area contributed by atoms with Crippen LogP contribution >= 0.6 is 0 Å². The van der Waals surface area contributed by atoms with E-state index in [-0.39, 0.29) is 23.3 Å². The molecule has 4 heterocycles. The summed E-state index contributed by atoms with van der Waals surface area (Å²) in [7, 11) is 0. The molecule has 30 heavy (non-hydrogen) atoms. The highest BCUT2D eigenvalue weighted by Crippen LogP contribution is 2.34. The predicted molar refractivity (Wildman–Crippen MR) is 117 cm³/mol. The van der Waals surface area contributed by atoms with E-state index in [0.717, 1.165) is 42.3 Å². The van der Waals surface area contributed by atoms with Gasteiger partial charge in [0.25, 0.3) is 5.91 Å². The second-order valence-corrected chi connectivity index (χ2v) is 9.51. The topological polar surface area (TPSA) is 75.7 Å². The normalized spacial score (nSPS) is 17.7. The minimum absolute atomic E-state index is 0.0653. The number of nitrogens with one attached hydrogen (secondary N) is 1. The van der Waals surface area contributed by atoms with Gasteiger partial charge in [-0.3, -0.25) is 9.20 Å². The van der Waals surface area contributed by atoms with Crippen molar-refractivity contribution in [1.82, 2.24) is 19.4 Å². The summed E-state index contributed by atoms with van der Waals surface area (Å²) in [6.45, 7) is 11.9. The fourth-order valence-electron chi connectivity index (χ4n) is 3.99. The summed E-state index contributed by atoms with van der Waals surface area (Å²) in [5.41, 5.74) is 2.23. The maximum atomic E-state index is 13.1. The number of amides is 1. The van der Waals surface area contributed by atoms with Gasteiger partial charge < -0.3 is 14.7 Å². The van der Waals surface area contributed by atoms with E-state index in [0.29, 0.717) is 12.2 Å². The van der Waals surface area contributed by atoms with Crippen molar-refractivity contribution in [1.29, 1.82) is 0 Å². The maximum Gasteiger partial charge on any atom is 0.276 e. The van der Waals surface area contributed by atoms with Crippen molar-refractivity contribution in [3.63, 3.8) is 0 Å². The Morgan fingerprint density at radius 3 is 2.80 bits per heavy atom. The molecule has 0 aromatic carbocycles. The van der Waals surface area contributed by atoms with Gasteiger partial charge in [0.15, 0.2) is 5.69 Å². The SMILES string of the molecule is CC(C)c1cc(C(=O)N2CCC[C@@H](c3nc4ccccn4c3NC(C)(C)C)C2)no1. The zero-order valence-corrected chi connectivity index (χ0v) is 18.5. The van der Waals surface area contributed by atoms with E-state index < -0.39 is 0 Å². The third-order valence-corrected chi connectivity index (χ3v) is 5.46. The minimum Gasteiger partial charge on any atom is -0.365 e. The van der Waals surface area contributed by atoms with E-state index in [4.69, 9.17) is 9.51 Å². The van der Waals surface area contributed by atoms with Gasteiger partial charge in [-0.05, 0) is 45.7 Å². The molecule has 0 aliphatic carbocycles. The van der Waals surface area contributed by atoms with Crippen LogP contribution < -0.4 is 5.32 Å². The zero-order valence-electron chi connectivity index (χ0n) is 18.5. The van der Waals surface area contributed by atoms with Crippen molar-refractivity contribution in [2.24, 2.45) is 0 Å². The summed E-state index contributed by atoms with van der Waals surface area (Å²) in [4.78, 5) is 19.9. The number of anilines is 1. The smallest absolute Gasteiger partial charge is 0.276 e. The molecule has 4 rings (SSSR count). The Kier molecular flexibility index (Phi) is 5.30. The molecule has 1 saturated heterocycles. The van der Waals surface area contributed by atoms with Crippen molar-refractivity contribution in [3.8, 4) is 0 Å². The first-order valence-corrected chi connectivity index (χ1v) is 10.7. The molecule has 0 bridgehead atoms. The van der Waals surface area contributed by atoms with Crippen LogP contribution in [0.1, 0.15) is 81.2 Å². The molecule has 3 aromatic heterocycles. The molecule has 1 amide bonds. The molecule has 0 saturated carbocycles. The fourth-order valence-corrected chi connectivity index (χ4v) is 3.99. The number of hydrogen-bond donors (Lipinski definition) is 1. The number of piperidine rings is 1. The first kappa shape index (κ1) is 20.4. The van der Waals surface area contributed by atoms with Crippen LogP contribution in [0, 0.1) is 0 Å². The Morgan fingerprint density at radius 2 is 2.10 bits per heavy atom. The van der Waals surface area contributed by atoms with E-state index in [9.17, 15) is 4.79 Å². The summed E-state index contributed by atoms with van der Waals surface area (Å²) in [6.07, 6.45) is 3.98. The van der Waals surface area contributed by atoms with Gasteiger partial charge >= 0.3 is 0 Å². The Morgan fingerprint density at radius 1 is 1.30 bits per heavy atom. The van der Waals surface area contributed by atoms with Crippen LogP contribution in [0.25, 0.3) is 5.65 Å². The number of hydrogen-bond acceptors (Lipinski definition) is 5. The number of imidazole rings is 1. The van der Waals surface area contributed by atoms with E-state index in [1.807, 2.05) is 43.1 Å². The van der Waals surface area contributed by atoms with Crippen molar-refractivity contribution >= 4 is 17.4 Å².